The lowest BCUT2D eigenvalue weighted by molar-refractivity contribution is 0.0942. The van der Waals surface area contributed by atoms with Crippen LogP contribution in [0.4, 0.5) is 0 Å². The Hall–Kier alpha value is -3.81. The van der Waals surface area contributed by atoms with Crippen molar-refractivity contribution in [2.75, 3.05) is 6.54 Å². The summed E-state index contributed by atoms with van der Waals surface area (Å²) in [6.45, 7) is 1.00. The second-order valence-corrected chi connectivity index (χ2v) is 6.22. The van der Waals surface area contributed by atoms with Crippen molar-refractivity contribution in [2.24, 2.45) is 7.05 Å². The van der Waals surface area contributed by atoms with E-state index in [1.807, 2.05) is 42.6 Å². The van der Waals surface area contributed by atoms with Crippen molar-refractivity contribution in [3.8, 4) is 22.6 Å². The average molecular weight is 373 g/mol. The Kier molecular flexibility index (Phi) is 4.92. The Labute approximate surface area is 161 Å². The van der Waals surface area contributed by atoms with E-state index in [2.05, 4.69) is 25.5 Å². The quantitative estimate of drug-likeness (QED) is 0.559. The fourth-order valence-corrected chi connectivity index (χ4v) is 2.86. The molecule has 3 heterocycles. The molecule has 0 unspecified atom stereocenters. The second-order valence-electron chi connectivity index (χ2n) is 6.22. The highest BCUT2D eigenvalue weighted by atomic mass is 16.2. The van der Waals surface area contributed by atoms with E-state index < -0.39 is 0 Å². The van der Waals surface area contributed by atoms with Gasteiger partial charge in [0, 0.05) is 37.7 Å². The summed E-state index contributed by atoms with van der Waals surface area (Å²) in [5.41, 5.74) is 3.73. The van der Waals surface area contributed by atoms with E-state index in [1.54, 1.807) is 41.1 Å². The molecule has 4 rings (SSSR count). The Balaban J connectivity index is 1.36. The smallest absolute Gasteiger partial charge is 0.269 e. The zero-order chi connectivity index (χ0) is 19.3. The van der Waals surface area contributed by atoms with E-state index in [0.29, 0.717) is 24.5 Å². The van der Waals surface area contributed by atoms with Gasteiger partial charge in [-0.25, -0.2) is 0 Å². The maximum absolute atomic E-state index is 12.5. The molecule has 0 radical (unpaired) electrons. The van der Waals surface area contributed by atoms with Crippen LogP contribution >= 0.6 is 0 Å². The number of aromatic nitrogens is 6. The minimum absolute atomic E-state index is 0.168. The number of nitrogens with one attached hydrogen (secondary N) is 1. The number of hydrogen-bond acceptors (Lipinski definition) is 5. The predicted molar refractivity (Wildman–Crippen MR) is 104 cm³/mol. The van der Waals surface area contributed by atoms with Gasteiger partial charge in [0.15, 0.2) is 0 Å². The molecular weight excluding hydrogens is 354 g/mol. The predicted octanol–water partition coefficient (Wildman–Crippen LogP) is 2.17. The van der Waals surface area contributed by atoms with E-state index in [9.17, 15) is 4.79 Å². The van der Waals surface area contributed by atoms with Gasteiger partial charge in [-0.15, -0.1) is 0 Å². The van der Waals surface area contributed by atoms with E-state index in [0.717, 1.165) is 17.0 Å². The van der Waals surface area contributed by atoms with Crippen LogP contribution in [0.2, 0.25) is 0 Å². The highest BCUT2D eigenvalue weighted by Gasteiger charge is 2.14. The van der Waals surface area contributed by atoms with Crippen molar-refractivity contribution in [3.63, 3.8) is 0 Å². The molecule has 0 aliphatic heterocycles. The molecule has 1 amide bonds. The van der Waals surface area contributed by atoms with Crippen molar-refractivity contribution in [3.05, 3.63) is 72.9 Å². The third-order valence-corrected chi connectivity index (χ3v) is 4.27. The molecule has 3 aromatic heterocycles. The van der Waals surface area contributed by atoms with Crippen LogP contribution < -0.4 is 5.32 Å². The van der Waals surface area contributed by atoms with Crippen LogP contribution in [0.5, 0.6) is 0 Å². The van der Waals surface area contributed by atoms with Gasteiger partial charge in [0.1, 0.15) is 17.1 Å². The van der Waals surface area contributed by atoms with Crippen molar-refractivity contribution >= 4 is 5.91 Å². The second kappa shape index (κ2) is 7.83. The van der Waals surface area contributed by atoms with E-state index in [4.69, 9.17) is 0 Å². The molecule has 4 aromatic rings. The summed E-state index contributed by atoms with van der Waals surface area (Å²) in [6.07, 6.45) is 6.78. The van der Waals surface area contributed by atoms with Gasteiger partial charge in [0.25, 0.3) is 5.91 Å². The third-order valence-electron chi connectivity index (χ3n) is 4.27. The zero-order valence-electron chi connectivity index (χ0n) is 15.4. The molecule has 28 heavy (non-hydrogen) atoms. The monoisotopic (exact) mass is 373 g/mol. The topological polar surface area (TPSA) is 90.5 Å². The first-order valence-corrected chi connectivity index (χ1v) is 8.88. The summed E-state index contributed by atoms with van der Waals surface area (Å²) >= 11 is 0. The molecule has 0 fully saturated rings. The average Bonchev–Trinajstić information content (AvgIpc) is 3.36. The molecule has 0 saturated carbocycles. The number of aryl methyl sites for hydroxylation is 1. The first-order chi connectivity index (χ1) is 13.7. The molecule has 140 valence electrons. The number of hydrogen-bond donors (Lipinski definition) is 1. The number of rotatable bonds is 6. The lowest BCUT2D eigenvalue weighted by atomic mass is 10.1. The highest BCUT2D eigenvalue weighted by Crippen LogP contribution is 2.18. The van der Waals surface area contributed by atoms with Crippen LogP contribution in [0, 0.1) is 0 Å². The normalized spacial score (nSPS) is 10.8. The van der Waals surface area contributed by atoms with Crippen LogP contribution in [0.25, 0.3) is 22.6 Å². The fourth-order valence-electron chi connectivity index (χ4n) is 2.86. The third kappa shape index (κ3) is 3.80. The van der Waals surface area contributed by atoms with Crippen LogP contribution in [0.15, 0.2) is 67.3 Å². The van der Waals surface area contributed by atoms with Crippen molar-refractivity contribution < 1.29 is 4.79 Å². The Morgan fingerprint density at radius 3 is 2.68 bits per heavy atom. The Morgan fingerprint density at radius 2 is 1.89 bits per heavy atom. The molecule has 8 nitrogen and oxygen atoms in total. The van der Waals surface area contributed by atoms with Crippen molar-refractivity contribution in [2.45, 2.75) is 6.54 Å². The molecule has 0 saturated heterocycles. The molecule has 0 aliphatic rings. The summed E-state index contributed by atoms with van der Waals surface area (Å²) in [5.74, 6) is -0.168. The SMILES string of the molecule is Cn1nc(-c2ccccc2)cc1C(=O)NCCn1ccc(-c2cnccn2)n1. The Bertz CT molecular complexity index is 1070. The van der Waals surface area contributed by atoms with Crippen LogP contribution in [0.3, 0.4) is 0 Å². The van der Waals surface area contributed by atoms with Gasteiger partial charge in [0.2, 0.25) is 0 Å². The van der Waals surface area contributed by atoms with Gasteiger partial charge in [-0.3, -0.25) is 24.1 Å². The van der Waals surface area contributed by atoms with E-state index in [-0.39, 0.29) is 5.91 Å². The van der Waals surface area contributed by atoms with Gasteiger partial charge < -0.3 is 5.32 Å². The van der Waals surface area contributed by atoms with Gasteiger partial charge in [0.05, 0.1) is 18.4 Å². The molecule has 1 N–H and O–H groups in total. The number of nitrogens with zero attached hydrogens (tertiary/aromatic N) is 6. The molecule has 0 aliphatic carbocycles. The number of benzene rings is 1. The van der Waals surface area contributed by atoms with Crippen molar-refractivity contribution in [1.82, 2.24) is 34.8 Å². The lowest BCUT2D eigenvalue weighted by Crippen LogP contribution is -2.29. The van der Waals surface area contributed by atoms with Gasteiger partial charge in [-0.1, -0.05) is 30.3 Å². The summed E-state index contributed by atoms with van der Waals surface area (Å²) < 4.78 is 3.36. The highest BCUT2D eigenvalue weighted by molar-refractivity contribution is 5.93. The summed E-state index contributed by atoms with van der Waals surface area (Å²) in [5, 5.41) is 11.8. The molecule has 1 aromatic carbocycles. The number of carbonyl (C=O) groups excluding carboxylic acids is 1. The van der Waals surface area contributed by atoms with E-state index >= 15 is 0 Å². The minimum atomic E-state index is -0.168. The van der Waals surface area contributed by atoms with Gasteiger partial charge in [-0.05, 0) is 12.1 Å². The summed E-state index contributed by atoms with van der Waals surface area (Å²) in [7, 11) is 1.77. The molecule has 0 bridgehead atoms. The zero-order valence-corrected chi connectivity index (χ0v) is 15.4. The largest absolute Gasteiger partial charge is 0.349 e. The van der Waals surface area contributed by atoms with Gasteiger partial charge in [-0.2, -0.15) is 10.2 Å². The first-order valence-electron chi connectivity index (χ1n) is 8.88. The van der Waals surface area contributed by atoms with Crippen LogP contribution in [-0.2, 0) is 13.6 Å². The van der Waals surface area contributed by atoms with Crippen LogP contribution in [-0.4, -0.2) is 42.0 Å². The Morgan fingerprint density at radius 1 is 1.04 bits per heavy atom. The lowest BCUT2D eigenvalue weighted by Gasteiger charge is -2.05. The summed E-state index contributed by atoms with van der Waals surface area (Å²) in [4.78, 5) is 20.8. The minimum Gasteiger partial charge on any atom is -0.349 e. The molecule has 8 heteroatoms. The molecule has 0 atom stereocenters. The van der Waals surface area contributed by atoms with Gasteiger partial charge >= 0.3 is 0 Å². The van der Waals surface area contributed by atoms with E-state index in [1.165, 1.54) is 0 Å². The van der Waals surface area contributed by atoms with Crippen LogP contribution in [0.1, 0.15) is 10.5 Å². The fraction of sp³-hybridized carbons (Fsp3) is 0.150. The molecular formula is C20H19N7O. The maximum Gasteiger partial charge on any atom is 0.269 e. The maximum atomic E-state index is 12.5. The summed E-state index contributed by atoms with van der Waals surface area (Å²) in [6, 6.07) is 13.5. The first kappa shape index (κ1) is 17.6. The molecule has 0 spiro atoms. The number of amides is 1. The standard InChI is InChI=1S/C20H19N7O/c1-26-19(13-17(24-26)15-5-3-2-4-6-15)20(28)23-10-12-27-11-7-16(25-27)18-14-21-8-9-22-18/h2-9,11,13-14H,10,12H2,1H3,(H,23,28). The number of carbonyl (C=O) groups is 1. The van der Waals surface area contributed by atoms with Crippen molar-refractivity contribution in [1.29, 1.82) is 0 Å².